The molecule has 24 heavy (non-hydrogen) atoms. The van der Waals surface area contributed by atoms with E-state index in [0.29, 0.717) is 16.8 Å². The molecular weight excluding hydrogens is 306 g/mol. The SMILES string of the molecule is N#Cc1cccc(-c2ccc3c(c2)C(C(N)=O)C=[N+]3CC(=O)O)c1. The van der Waals surface area contributed by atoms with Crippen molar-refractivity contribution in [2.24, 2.45) is 5.73 Å². The molecule has 6 nitrogen and oxygen atoms in total. The maximum absolute atomic E-state index is 11.7. The van der Waals surface area contributed by atoms with Crippen LogP contribution in [0.2, 0.25) is 0 Å². The van der Waals surface area contributed by atoms with Gasteiger partial charge in [-0.2, -0.15) is 9.84 Å². The second kappa shape index (κ2) is 5.97. The number of benzene rings is 2. The zero-order chi connectivity index (χ0) is 17.3. The number of primary amides is 1. The zero-order valence-electron chi connectivity index (χ0n) is 12.6. The third kappa shape index (κ3) is 2.75. The summed E-state index contributed by atoms with van der Waals surface area (Å²) in [7, 11) is 0. The molecule has 2 aromatic rings. The monoisotopic (exact) mass is 320 g/mol. The van der Waals surface area contributed by atoms with E-state index in [1.165, 1.54) is 10.8 Å². The van der Waals surface area contributed by atoms with Crippen LogP contribution in [0.1, 0.15) is 17.0 Å². The molecule has 3 rings (SSSR count). The predicted octanol–water partition coefficient (Wildman–Crippen LogP) is 1.61. The lowest BCUT2D eigenvalue weighted by Gasteiger charge is -2.06. The van der Waals surface area contributed by atoms with E-state index < -0.39 is 17.8 Å². The van der Waals surface area contributed by atoms with E-state index in [-0.39, 0.29) is 6.54 Å². The number of nitriles is 1. The van der Waals surface area contributed by atoms with E-state index in [1.807, 2.05) is 18.2 Å². The van der Waals surface area contributed by atoms with E-state index in [4.69, 9.17) is 16.1 Å². The molecule has 6 heteroatoms. The van der Waals surface area contributed by atoms with Crippen LogP contribution in [0.5, 0.6) is 0 Å². The molecular formula is C18H14N3O3+. The number of aliphatic carboxylic acids is 1. The molecule has 0 aliphatic carbocycles. The van der Waals surface area contributed by atoms with Gasteiger partial charge in [-0.05, 0) is 35.4 Å². The maximum Gasteiger partial charge on any atom is 0.370 e. The van der Waals surface area contributed by atoms with Crippen LogP contribution >= 0.6 is 0 Å². The molecule has 2 aromatic carbocycles. The Labute approximate surface area is 138 Å². The van der Waals surface area contributed by atoms with Crippen molar-refractivity contribution in [3.05, 3.63) is 53.6 Å². The number of carboxylic acid groups (broad SMARTS) is 1. The van der Waals surface area contributed by atoms with Gasteiger partial charge in [-0.15, -0.1) is 0 Å². The van der Waals surface area contributed by atoms with E-state index in [1.54, 1.807) is 24.3 Å². The summed E-state index contributed by atoms with van der Waals surface area (Å²) in [5.41, 5.74) is 9.00. The van der Waals surface area contributed by atoms with E-state index >= 15 is 0 Å². The van der Waals surface area contributed by atoms with Crippen LogP contribution < -0.4 is 5.73 Å². The summed E-state index contributed by atoms with van der Waals surface area (Å²) in [6.45, 7) is -0.236. The average molecular weight is 320 g/mol. The minimum absolute atomic E-state index is 0.236. The van der Waals surface area contributed by atoms with Crippen LogP contribution in [-0.4, -0.2) is 34.3 Å². The normalized spacial score (nSPS) is 15.3. The highest BCUT2D eigenvalue weighted by molar-refractivity contribution is 6.00. The Morgan fingerprint density at radius 1 is 1.21 bits per heavy atom. The lowest BCUT2D eigenvalue weighted by atomic mass is 9.95. The van der Waals surface area contributed by atoms with Crippen molar-refractivity contribution >= 4 is 23.8 Å². The number of carbonyl (C=O) groups excluding carboxylic acids is 1. The third-order valence-electron chi connectivity index (χ3n) is 3.94. The van der Waals surface area contributed by atoms with Gasteiger partial charge in [0.15, 0.2) is 6.21 Å². The molecule has 1 unspecified atom stereocenters. The number of rotatable bonds is 4. The van der Waals surface area contributed by atoms with Crippen molar-refractivity contribution in [3.63, 3.8) is 0 Å². The first-order valence-corrected chi connectivity index (χ1v) is 7.27. The molecule has 1 amide bonds. The number of hydrogen-bond donors (Lipinski definition) is 2. The number of carbonyl (C=O) groups is 2. The Balaban J connectivity index is 2.08. The average Bonchev–Trinajstić information content (AvgIpc) is 2.92. The summed E-state index contributed by atoms with van der Waals surface area (Å²) in [6.07, 6.45) is 1.54. The summed E-state index contributed by atoms with van der Waals surface area (Å²) >= 11 is 0. The standard InChI is InChI=1S/C18H13N3O3/c19-8-11-2-1-3-12(6-11)13-4-5-16-14(7-13)15(18(20)24)9-21(16)10-17(22)23/h1-7,9,15H,10H2,(H2-,20,22,23,24)/p+1. The summed E-state index contributed by atoms with van der Waals surface area (Å²) in [6, 6.07) is 14.6. The molecule has 1 heterocycles. The van der Waals surface area contributed by atoms with Crippen molar-refractivity contribution in [3.8, 4) is 17.2 Å². The molecule has 0 saturated carbocycles. The third-order valence-corrected chi connectivity index (χ3v) is 3.94. The van der Waals surface area contributed by atoms with Crippen molar-refractivity contribution in [1.82, 2.24) is 0 Å². The van der Waals surface area contributed by atoms with Crippen LogP contribution in [0, 0.1) is 11.3 Å². The van der Waals surface area contributed by atoms with Gasteiger partial charge in [-0.1, -0.05) is 12.1 Å². The van der Waals surface area contributed by atoms with Gasteiger partial charge in [0.1, 0.15) is 5.92 Å². The fraction of sp³-hybridized carbons (Fsp3) is 0.111. The predicted molar refractivity (Wildman–Crippen MR) is 87.0 cm³/mol. The first kappa shape index (κ1) is 15.4. The van der Waals surface area contributed by atoms with E-state index in [9.17, 15) is 9.59 Å². The summed E-state index contributed by atoms with van der Waals surface area (Å²) in [5.74, 6) is -2.20. The highest BCUT2D eigenvalue weighted by Crippen LogP contribution is 2.35. The molecule has 118 valence electrons. The van der Waals surface area contributed by atoms with Gasteiger partial charge in [0.2, 0.25) is 18.1 Å². The molecule has 0 aromatic heterocycles. The lowest BCUT2D eigenvalue weighted by molar-refractivity contribution is -0.423. The zero-order valence-corrected chi connectivity index (χ0v) is 12.6. The number of amides is 1. The Morgan fingerprint density at radius 2 is 1.96 bits per heavy atom. The quantitative estimate of drug-likeness (QED) is 0.834. The number of fused-ring (bicyclic) bond motifs is 1. The minimum Gasteiger partial charge on any atom is -0.477 e. The van der Waals surface area contributed by atoms with Gasteiger partial charge in [0.05, 0.1) is 11.6 Å². The molecule has 1 aliphatic heterocycles. The Bertz CT molecular complexity index is 925. The number of hydrogen-bond acceptors (Lipinski definition) is 3. The highest BCUT2D eigenvalue weighted by atomic mass is 16.4. The van der Waals surface area contributed by atoms with E-state index in [2.05, 4.69) is 6.07 Å². The Hall–Kier alpha value is -3.46. The van der Waals surface area contributed by atoms with Gasteiger partial charge in [-0.25, -0.2) is 4.79 Å². The van der Waals surface area contributed by atoms with Gasteiger partial charge < -0.3 is 10.8 Å². The molecule has 1 atom stereocenters. The maximum atomic E-state index is 11.7. The molecule has 3 N–H and O–H groups in total. The number of nitrogens with two attached hydrogens (primary N) is 1. The lowest BCUT2D eigenvalue weighted by Crippen LogP contribution is -2.22. The number of nitrogens with zero attached hydrogens (tertiary/aromatic N) is 2. The number of carboxylic acids is 1. The van der Waals surface area contributed by atoms with Crippen LogP contribution in [0.15, 0.2) is 42.5 Å². The Morgan fingerprint density at radius 3 is 2.62 bits per heavy atom. The molecule has 0 bridgehead atoms. The van der Waals surface area contributed by atoms with Gasteiger partial charge in [0.25, 0.3) is 0 Å². The fourth-order valence-corrected chi connectivity index (χ4v) is 2.86. The van der Waals surface area contributed by atoms with Crippen LogP contribution in [0.4, 0.5) is 5.69 Å². The smallest absolute Gasteiger partial charge is 0.370 e. The summed E-state index contributed by atoms with van der Waals surface area (Å²) in [5, 5.41) is 18.0. The second-order valence-electron chi connectivity index (χ2n) is 5.52. The second-order valence-corrected chi connectivity index (χ2v) is 5.52. The molecule has 0 radical (unpaired) electrons. The fourth-order valence-electron chi connectivity index (χ4n) is 2.86. The van der Waals surface area contributed by atoms with Gasteiger partial charge >= 0.3 is 5.97 Å². The molecule has 0 saturated heterocycles. The largest absolute Gasteiger partial charge is 0.477 e. The minimum atomic E-state index is -0.992. The van der Waals surface area contributed by atoms with E-state index in [0.717, 1.165) is 11.1 Å². The van der Waals surface area contributed by atoms with Crippen molar-refractivity contribution in [1.29, 1.82) is 5.26 Å². The van der Waals surface area contributed by atoms with Gasteiger partial charge in [-0.3, -0.25) is 4.79 Å². The Kier molecular flexibility index (Phi) is 3.84. The molecule has 1 aliphatic rings. The van der Waals surface area contributed by atoms with Crippen molar-refractivity contribution < 1.29 is 19.3 Å². The topological polar surface area (TPSA) is 107 Å². The van der Waals surface area contributed by atoms with Crippen molar-refractivity contribution in [2.75, 3.05) is 6.54 Å². The first-order valence-electron chi connectivity index (χ1n) is 7.27. The molecule has 0 spiro atoms. The van der Waals surface area contributed by atoms with Crippen LogP contribution in [0.25, 0.3) is 11.1 Å². The summed E-state index contributed by atoms with van der Waals surface area (Å²) in [4.78, 5) is 22.7. The highest BCUT2D eigenvalue weighted by Gasteiger charge is 2.35. The summed E-state index contributed by atoms with van der Waals surface area (Å²) < 4.78 is 1.52. The van der Waals surface area contributed by atoms with Crippen LogP contribution in [0.3, 0.4) is 0 Å². The molecule has 0 fully saturated rings. The van der Waals surface area contributed by atoms with Crippen LogP contribution in [-0.2, 0) is 9.59 Å². The first-order chi connectivity index (χ1) is 11.5. The van der Waals surface area contributed by atoms with Crippen molar-refractivity contribution in [2.45, 2.75) is 5.92 Å². The van der Waals surface area contributed by atoms with Gasteiger partial charge in [0, 0.05) is 11.6 Å².